The van der Waals surface area contributed by atoms with Gasteiger partial charge in [-0.25, -0.2) is 0 Å². The lowest BCUT2D eigenvalue weighted by Crippen LogP contribution is -2.31. The number of unbranched alkanes of at least 4 members (excludes halogenated alkanes) is 5. The highest BCUT2D eigenvalue weighted by Gasteiger charge is 2.19. The molecule has 0 aromatic heterocycles. The highest BCUT2D eigenvalue weighted by Crippen LogP contribution is 2.23. The van der Waals surface area contributed by atoms with Gasteiger partial charge in [-0.3, -0.25) is 4.79 Å². The smallest absolute Gasteiger partial charge is 0.220 e. The van der Waals surface area contributed by atoms with Crippen LogP contribution in [0.1, 0.15) is 77.6 Å². The summed E-state index contributed by atoms with van der Waals surface area (Å²) in [5.41, 5.74) is 0. The summed E-state index contributed by atoms with van der Waals surface area (Å²) in [4.78, 5) is 11.7. The molecule has 0 heterocycles. The first-order valence-corrected chi connectivity index (χ1v) is 8.17. The van der Waals surface area contributed by atoms with Crippen LogP contribution in [0.2, 0.25) is 0 Å². The molecule has 0 aliphatic heterocycles. The van der Waals surface area contributed by atoms with E-state index in [1.165, 1.54) is 32.1 Å². The van der Waals surface area contributed by atoms with Crippen LogP contribution in [0.3, 0.4) is 0 Å². The van der Waals surface area contributed by atoms with E-state index >= 15 is 0 Å². The maximum Gasteiger partial charge on any atom is 0.220 e. The summed E-state index contributed by atoms with van der Waals surface area (Å²) in [6, 6.07) is 0. The second-order valence-corrected chi connectivity index (χ2v) is 6.00. The van der Waals surface area contributed by atoms with E-state index in [2.05, 4.69) is 12.2 Å². The van der Waals surface area contributed by atoms with Crippen LogP contribution in [0.25, 0.3) is 0 Å². The van der Waals surface area contributed by atoms with Gasteiger partial charge in [0, 0.05) is 13.0 Å². The lowest BCUT2D eigenvalue weighted by Gasteiger charge is -2.25. The molecular weight excluding hydrogens is 238 g/mol. The van der Waals surface area contributed by atoms with Crippen LogP contribution in [0, 0.1) is 5.92 Å². The van der Waals surface area contributed by atoms with Crippen LogP contribution in [-0.2, 0) is 4.79 Å². The minimum Gasteiger partial charge on any atom is -0.393 e. The van der Waals surface area contributed by atoms with Crippen LogP contribution < -0.4 is 5.32 Å². The normalized spacial score (nSPS) is 23.3. The fourth-order valence-electron chi connectivity index (χ4n) is 2.76. The van der Waals surface area contributed by atoms with Crippen molar-refractivity contribution in [1.29, 1.82) is 0 Å². The van der Waals surface area contributed by atoms with Crippen LogP contribution in [0.4, 0.5) is 0 Å². The molecule has 1 saturated carbocycles. The van der Waals surface area contributed by atoms with Crippen LogP contribution in [0.15, 0.2) is 0 Å². The van der Waals surface area contributed by atoms with Gasteiger partial charge in [0.2, 0.25) is 5.91 Å². The third-order valence-corrected chi connectivity index (χ3v) is 4.16. The van der Waals surface area contributed by atoms with Crippen molar-refractivity contribution in [2.75, 3.05) is 6.54 Å². The average molecular weight is 269 g/mol. The Morgan fingerprint density at radius 1 is 1.05 bits per heavy atom. The number of carbonyl (C=O) groups excluding carboxylic acids is 1. The minimum absolute atomic E-state index is 0.102. The number of aliphatic hydroxyl groups excluding tert-OH is 1. The molecule has 0 saturated heterocycles. The maximum absolute atomic E-state index is 11.7. The zero-order valence-electron chi connectivity index (χ0n) is 12.5. The van der Waals surface area contributed by atoms with Gasteiger partial charge in [-0.05, 0) is 38.0 Å². The van der Waals surface area contributed by atoms with Crippen molar-refractivity contribution in [3.8, 4) is 0 Å². The van der Waals surface area contributed by atoms with Crippen molar-refractivity contribution in [3.63, 3.8) is 0 Å². The van der Waals surface area contributed by atoms with Crippen LogP contribution in [0.5, 0.6) is 0 Å². The molecule has 0 spiro atoms. The number of hydrogen-bond acceptors (Lipinski definition) is 2. The molecule has 19 heavy (non-hydrogen) atoms. The van der Waals surface area contributed by atoms with Gasteiger partial charge in [0.15, 0.2) is 0 Å². The van der Waals surface area contributed by atoms with Gasteiger partial charge in [0.1, 0.15) is 0 Å². The predicted octanol–water partition coefficient (Wildman–Crippen LogP) is 3.40. The zero-order valence-corrected chi connectivity index (χ0v) is 12.5. The molecule has 0 bridgehead atoms. The Morgan fingerprint density at radius 2 is 1.68 bits per heavy atom. The van der Waals surface area contributed by atoms with Gasteiger partial charge in [0.25, 0.3) is 0 Å². The lowest BCUT2D eigenvalue weighted by atomic mass is 9.87. The topological polar surface area (TPSA) is 49.3 Å². The highest BCUT2D eigenvalue weighted by molar-refractivity contribution is 5.75. The molecule has 0 unspecified atom stereocenters. The van der Waals surface area contributed by atoms with Gasteiger partial charge in [-0.1, -0.05) is 39.0 Å². The largest absolute Gasteiger partial charge is 0.393 e. The number of hydrogen-bond donors (Lipinski definition) is 2. The third kappa shape index (κ3) is 8.25. The van der Waals surface area contributed by atoms with E-state index in [-0.39, 0.29) is 12.0 Å². The van der Waals surface area contributed by atoms with Crippen molar-refractivity contribution in [2.45, 2.75) is 83.7 Å². The predicted molar refractivity (Wildman–Crippen MR) is 79.0 cm³/mol. The van der Waals surface area contributed by atoms with E-state index in [0.717, 1.165) is 38.6 Å². The summed E-state index contributed by atoms with van der Waals surface area (Å²) in [7, 11) is 0. The molecular formula is C16H31NO2. The van der Waals surface area contributed by atoms with E-state index in [4.69, 9.17) is 0 Å². The van der Waals surface area contributed by atoms with Crippen molar-refractivity contribution >= 4 is 5.91 Å². The summed E-state index contributed by atoms with van der Waals surface area (Å²) in [5.74, 6) is 0.790. The van der Waals surface area contributed by atoms with Crippen molar-refractivity contribution in [1.82, 2.24) is 5.32 Å². The Bertz CT molecular complexity index is 235. The fourth-order valence-corrected chi connectivity index (χ4v) is 2.76. The molecule has 2 N–H and O–H groups in total. The van der Waals surface area contributed by atoms with Crippen molar-refractivity contribution in [2.24, 2.45) is 5.92 Å². The van der Waals surface area contributed by atoms with E-state index in [1.807, 2.05) is 0 Å². The van der Waals surface area contributed by atoms with E-state index in [9.17, 15) is 9.90 Å². The van der Waals surface area contributed by atoms with Gasteiger partial charge >= 0.3 is 0 Å². The summed E-state index contributed by atoms with van der Waals surface area (Å²) in [5, 5.41) is 12.5. The SMILES string of the molecule is CCCCCCCCC(=O)NCC1CCC(O)CC1. The Balaban J connectivity index is 1.93. The van der Waals surface area contributed by atoms with Crippen LogP contribution >= 0.6 is 0 Å². The summed E-state index contributed by atoms with van der Waals surface area (Å²) in [6.07, 6.45) is 11.9. The molecule has 0 aromatic rings. The molecule has 3 heteroatoms. The van der Waals surface area contributed by atoms with Gasteiger partial charge in [-0.15, -0.1) is 0 Å². The van der Waals surface area contributed by atoms with Gasteiger partial charge < -0.3 is 10.4 Å². The lowest BCUT2D eigenvalue weighted by molar-refractivity contribution is -0.121. The maximum atomic E-state index is 11.7. The van der Waals surface area contributed by atoms with E-state index in [0.29, 0.717) is 12.3 Å². The summed E-state index contributed by atoms with van der Waals surface area (Å²) >= 11 is 0. The van der Waals surface area contributed by atoms with Crippen molar-refractivity contribution < 1.29 is 9.90 Å². The number of nitrogens with one attached hydrogen (secondary N) is 1. The number of aliphatic hydroxyl groups is 1. The van der Waals surface area contributed by atoms with Gasteiger partial charge in [-0.2, -0.15) is 0 Å². The number of amides is 1. The first kappa shape index (κ1) is 16.5. The highest BCUT2D eigenvalue weighted by atomic mass is 16.3. The second-order valence-electron chi connectivity index (χ2n) is 6.00. The Labute approximate surface area is 118 Å². The number of carbonyl (C=O) groups is 1. The molecule has 1 amide bonds. The average Bonchev–Trinajstić information content (AvgIpc) is 2.42. The van der Waals surface area contributed by atoms with E-state index in [1.54, 1.807) is 0 Å². The molecule has 112 valence electrons. The quantitative estimate of drug-likeness (QED) is 0.630. The first-order chi connectivity index (χ1) is 9.22. The van der Waals surface area contributed by atoms with Crippen LogP contribution in [-0.4, -0.2) is 23.7 Å². The Morgan fingerprint density at radius 3 is 2.37 bits per heavy atom. The minimum atomic E-state index is -0.102. The third-order valence-electron chi connectivity index (χ3n) is 4.16. The molecule has 3 nitrogen and oxygen atoms in total. The first-order valence-electron chi connectivity index (χ1n) is 8.17. The molecule has 1 rings (SSSR count). The Kier molecular flexibility index (Phi) is 8.89. The molecule has 0 radical (unpaired) electrons. The van der Waals surface area contributed by atoms with E-state index < -0.39 is 0 Å². The second kappa shape index (κ2) is 10.2. The summed E-state index contributed by atoms with van der Waals surface area (Å²) in [6.45, 7) is 3.03. The molecule has 1 fully saturated rings. The monoisotopic (exact) mass is 269 g/mol. The van der Waals surface area contributed by atoms with Gasteiger partial charge in [0.05, 0.1) is 6.10 Å². The molecule has 1 aliphatic carbocycles. The Hall–Kier alpha value is -0.570. The molecule has 1 aliphatic rings. The zero-order chi connectivity index (χ0) is 13.9. The fraction of sp³-hybridized carbons (Fsp3) is 0.938. The number of rotatable bonds is 9. The molecule has 0 atom stereocenters. The standard InChI is InChI=1S/C16H31NO2/c1-2-3-4-5-6-7-8-16(19)17-13-14-9-11-15(18)12-10-14/h14-15,18H,2-13H2,1H3,(H,17,19). The van der Waals surface area contributed by atoms with Crippen molar-refractivity contribution in [3.05, 3.63) is 0 Å². The molecule has 0 aromatic carbocycles. The summed E-state index contributed by atoms with van der Waals surface area (Å²) < 4.78 is 0.